The SMILES string of the molecule is Clc1ccc(/C(C2=N/C(=C(\c3ccc(Cl)cc3)c3ccc[nH]3)C=C2)=c2\cc/c(=C(C3=N/C(=C(\c4ccc(Cl)cc4)c4ccc[nH]4)C=C3)\c3ccc(Cl)cc3)[nH]2)cc1. The number of hydrogen-bond acceptors (Lipinski definition) is 2. The van der Waals surface area contributed by atoms with Gasteiger partial charge >= 0.3 is 0 Å². The van der Waals surface area contributed by atoms with Crippen molar-refractivity contribution < 1.29 is 0 Å². The van der Waals surface area contributed by atoms with Gasteiger partial charge in [0, 0.05) is 76.9 Å². The third-order valence-corrected chi connectivity index (χ3v) is 10.8. The molecule has 0 spiro atoms. The number of benzene rings is 4. The Morgan fingerprint density at radius 1 is 0.368 bits per heavy atom. The van der Waals surface area contributed by atoms with E-state index in [1.807, 2.05) is 134 Å². The highest BCUT2D eigenvalue weighted by Crippen LogP contribution is 2.34. The van der Waals surface area contributed by atoms with Crippen molar-refractivity contribution >= 4 is 80.1 Å². The lowest BCUT2D eigenvalue weighted by molar-refractivity contribution is 1.25. The second-order valence-corrected chi connectivity index (χ2v) is 15.2. The van der Waals surface area contributed by atoms with Crippen LogP contribution in [0.3, 0.4) is 0 Å². The highest BCUT2D eigenvalue weighted by Gasteiger charge is 2.21. The fraction of sp³-hybridized carbons (Fsp3) is 0. The van der Waals surface area contributed by atoms with Gasteiger partial charge in [0.05, 0.1) is 22.8 Å². The van der Waals surface area contributed by atoms with E-state index in [2.05, 4.69) is 51.4 Å². The average Bonchev–Trinajstić information content (AvgIpc) is 4.08. The minimum absolute atomic E-state index is 0.650. The lowest BCUT2D eigenvalue weighted by atomic mass is 10.0. The summed E-state index contributed by atoms with van der Waals surface area (Å²) in [5.41, 5.74) is 12.8. The van der Waals surface area contributed by atoms with Gasteiger partial charge in [0.25, 0.3) is 0 Å². The highest BCUT2D eigenvalue weighted by atomic mass is 35.5. The van der Waals surface area contributed by atoms with E-state index in [4.69, 9.17) is 56.4 Å². The Bertz CT molecular complexity index is 2720. The number of aromatic nitrogens is 3. The van der Waals surface area contributed by atoms with Crippen LogP contribution in [0.15, 0.2) is 192 Å². The maximum Gasteiger partial charge on any atom is 0.0737 e. The van der Waals surface area contributed by atoms with Crippen LogP contribution in [-0.2, 0) is 0 Å². The lowest BCUT2D eigenvalue weighted by Gasteiger charge is -2.10. The molecule has 0 unspecified atom stereocenters. The second-order valence-electron chi connectivity index (χ2n) is 13.4. The largest absolute Gasteiger partial charge is 0.361 e. The summed E-state index contributed by atoms with van der Waals surface area (Å²) < 4.78 is 0. The topological polar surface area (TPSA) is 72.1 Å². The summed E-state index contributed by atoms with van der Waals surface area (Å²) in [6.07, 6.45) is 12.1. The number of allylic oxidation sites excluding steroid dienone is 4. The molecule has 0 fully saturated rings. The Morgan fingerprint density at radius 3 is 1.02 bits per heavy atom. The summed E-state index contributed by atoms with van der Waals surface area (Å²) in [6.45, 7) is 0. The molecule has 0 radical (unpaired) electrons. The number of nitrogens with zero attached hydrogens (tertiary/aromatic N) is 2. The van der Waals surface area contributed by atoms with E-state index in [9.17, 15) is 0 Å². The van der Waals surface area contributed by atoms with Gasteiger partial charge in [0.2, 0.25) is 0 Å². The van der Waals surface area contributed by atoms with Gasteiger partial charge in [-0.2, -0.15) is 0 Å². The zero-order chi connectivity index (χ0) is 38.9. The molecule has 2 aliphatic heterocycles. The standard InChI is InChI=1S/C48H31Cl4N5/c49-33-13-5-29(6-14-33)45(37-3-1-27-53-37)39-21-23-41(55-39)47(31-9-17-35(51)18-10-31)43-25-26-44(57-43)48(32-11-19-36(52)20-12-32)42-24-22-40(56-42)46(38-4-2-28-54-38)30-7-15-34(50)16-8-30/h1-28,53-54,57H/b45-39+,46-40+,47-43-,48-44-. The van der Waals surface area contributed by atoms with Crippen molar-refractivity contribution in [2.45, 2.75) is 0 Å². The number of halogens is 4. The van der Waals surface area contributed by atoms with Crippen molar-refractivity contribution in [3.63, 3.8) is 0 Å². The van der Waals surface area contributed by atoms with Crippen LogP contribution in [0.25, 0.3) is 22.3 Å². The van der Waals surface area contributed by atoms with E-state index in [1.165, 1.54) is 0 Å². The first kappa shape index (κ1) is 36.6. The van der Waals surface area contributed by atoms with Crippen molar-refractivity contribution in [1.29, 1.82) is 0 Å². The van der Waals surface area contributed by atoms with E-state index in [0.717, 1.165) is 89.4 Å². The molecule has 57 heavy (non-hydrogen) atoms. The molecule has 0 saturated heterocycles. The molecule has 9 rings (SSSR count). The maximum absolute atomic E-state index is 6.41. The van der Waals surface area contributed by atoms with E-state index in [-0.39, 0.29) is 0 Å². The normalized spacial score (nSPS) is 16.4. The summed E-state index contributed by atoms with van der Waals surface area (Å²) in [5.74, 6) is 0. The molecular weight excluding hydrogens is 788 g/mol. The van der Waals surface area contributed by atoms with Crippen molar-refractivity contribution in [1.82, 2.24) is 15.0 Å². The predicted octanol–water partition coefficient (Wildman–Crippen LogP) is 11.6. The Labute approximate surface area is 349 Å². The zero-order valence-electron chi connectivity index (χ0n) is 30.1. The number of aromatic amines is 3. The molecule has 3 aromatic heterocycles. The van der Waals surface area contributed by atoms with Crippen LogP contribution in [-0.4, -0.2) is 26.4 Å². The molecule has 0 bridgehead atoms. The summed E-state index contributed by atoms with van der Waals surface area (Å²) in [4.78, 5) is 21.1. The summed E-state index contributed by atoms with van der Waals surface area (Å²) >= 11 is 25.4. The highest BCUT2D eigenvalue weighted by molar-refractivity contribution is 6.33. The Hall–Kier alpha value is -6.08. The fourth-order valence-corrected chi connectivity index (χ4v) is 7.68. The minimum atomic E-state index is 0.650. The first-order valence-electron chi connectivity index (χ1n) is 18.2. The van der Waals surface area contributed by atoms with Gasteiger partial charge < -0.3 is 15.0 Å². The quantitative estimate of drug-likeness (QED) is 0.137. The van der Waals surface area contributed by atoms with Gasteiger partial charge in [-0.1, -0.05) is 94.9 Å². The van der Waals surface area contributed by atoms with Gasteiger partial charge in [0.1, 0.15) is 0 Å². The van der Waals surface area contributed by atoms with E-state index < -0.39 is 0 Å². The smallest absolute Gasteiger partial charge is 0.0737 e. The van der Waals surface area contributed by atoms with Gasteiger partial charge in [-0.05, 0) is 131 Å². The van der Waals surface area contributed by atoms with Crippen LogP contribution in [0.4, 0.5) is 0 Å². The van der Waals surface area contributed by atoms with Gasteiger partial charge in [-0.15, -0.1) is 0 Å². The summed E-state index contributed by atoms with van der Waals surface area (Å²) in [6, 6.07) is 43.5. The number of hydrogen-bond donors (Lipinski definition) is 3. The van der Waals surface area contributed by atoms with Gasteiger partial charge in [-0.3, -0.25) is 0 Å². The van der Waals surface area contributed by atoms with Crippen LogP contribution in [0, 0.1) is 0 Å². The molecule has 9 heteroatoms. The summed E-state index contributed by atoms with van der Waals surface area (Å²) in [7, 11) is 0. The molecule has 0 amide bonds. The minimum Gasteiger partial charge on any atom is -0.361 e. The molecular formula is C48H31Cl4N5. The molecule has 4 aromatic carbocycles. The van der Waals surface area contributed by atoms with Crippen molar-refractivity contribution in [2.24, 2.45) is 9.98 Å². The second kappa shape index (κ2) is 15.8. The van der Waals surface area contributed by atoms with E-state index in [0.29, 0.717) is 20.1 Å². The Kier molecular flexibility index (Phi) is 10.1. The number of H-pyrrole nitrogens is 3. The lowest BCUT2D eigenvalue weighted by Crippen LogP contribution is -2.21. The number of aliphatic imine (C=N–C) groups is 2. The van der Waals surface area contributed by atoms with Crippen LogP contribution >= 0.6 is 46.4 Å². The van der Waals surface area contributed by atoms with Crippen LogP contribution in [0.5, 0.6) is 0 Å². The van der Waals surface area contributed by atoms with Gasteiger partial charge in [-0.25, -0.2) is 9.98 Å². The Balaban J connectivity index is 1.26. The zero-order valence-corrected chi connectivity index (χ0v) is 33.1. The molecule has 7 aromatic rings. The van der Waals surface area contributed by atoms with Crippen molar-refractivity contribution in [3.8, 4) is 0 Å². The van der Waals surface area contributed by atoms with E-state index in [1.54, 1.807) is 0 Å². The third-order valence-electron chi connectivity index (χ3n) is 9.80. The molecule has 276 valence electrons. The predicted molar refractivity (Wildman–Crippen MR) is 238 cm³/mol. The molecule has 0 atom stereocenters. The fourth-order valence-electron chi connectivity index (χ4n) is 7.17. The Morgan fingerprint density at radius 2 is 0.702 bits per heavy atom. The van der Waals surface area contributed by atoms with E-state index >= 15 is 0 Å². The third kappa shape index (κ3) is 7.59. The van der Waals surface area contributed by atoms with Gasteiger partial charge in [0.15, 0.2) is 0 Å². The first-order chi connectivity index (χ1) is 27.9. The van der Waals surface area contributed by atoms with Crippen LogP contribution < -0.4 is 10.7 Å². The molecule has 0 aliphatic carbocycles. The van der Waals surface area contributed by atoms with Crippen LogP contribution in [0.2, 0.25) is 20.1 Å². The molecule has 0 saturated carbocycles. The number of rotatable bonds is 8. The maximum atomic E-state index is 6.41. The van der Waals surface area contributed by atoms with Crippen molar-refractivity contribution in [3.05, 3.63) is 246 Å². The van der Waals surface area contributed by atoms with Crippen molar-refractivity contribution in [2.75, 3.05) is 0 Å². The average molecular weight is 820 g/mol. The van der Waals surface area contributed by atoms with Crippen LogP contribution in [0.1, 0.15) is 33.6 Å². The number of nitrogens with one attached hydrogen (secondary N) is 3. The molecule has 2 aliphatic rings. The molecule has 5 nitrogen and oxygen atoms in total. The first-order valence-corrected chi connectivity index (χ1v) is 19.7. The monoisotopic (exact) mass is 817 g/mol. The molecule has 5 heterocycles. The summed E-state index contributed by atoms with van der Waals surface area (Å²) in [5, 5.41) is 4.40. The molecule has 3 N–H and O–H groups in total.